The van der Waals surface area contributed by atoms with Crippen molar-refractivity contribution in [3.05, 3.63) is 29.8 Å². The van der Waals surface area contributed by atoms with E-state index in [1.54, 1.807) is 0 Å². The fourth-order valence-corrected chi connectivity index (χ4v) is 1.37. The molecule has 0 bridgehead atoms. The molecule has 0 aliphatic carbocycles. The fourth-order valence-electron chi connectivity index (χ4n) is 1.37. The Balaban J connectivity index is 2.83. The minimum absolute atomic E-state index is 0.0557. The number of nitrogens with one attached hydrogen (secondary N) is 1. The van der Waals surface area contributed by atoms with E-state index in [-0.39, 0.29) is 5.75 Å². The molecule has 1 amide bonds. The number of aromatic hydroxyl groups is 1. The van der Waals surface area contributed by atoms with Crippen molar-refractivity contribution in [1.29, 1.82) is 0 Å². The third-order valence-electron chi connectivity index (χ3n) is 2.69. The minimum Gasteiger partial charge on any atom is -0.508 e. The maximum Gasteiger partial charge on any atom is 0.422 e. The third-order valence-corrected chi connectivity index (χ3v) is 2.69. The molecule has 1 aromatic carbocycles. The van der Waals surface area contributed by atoms with Gasteiger partial charge in [-0.05, 0) is 24.6 Å². The number of alkyl halides is 3. The topological polar surface area (TPSA) is 86.6 Å². The number of carbonyl (C=O) groups is 2. The van der Waals surface area contributed by atoms with E-state index in [0.29, 0.717) is 12.5 Å². The molecule has 0 aromatic heterocycles. The largest absolute Gasteiger partial charge is 0.508 e. The zero-order chi connectivity index (χ0) is 15.6. The first-order chi connectivity index (χ1) is 9.06. The summed E-state index contributed by atoms with van der Waals surface area (Å²) in [4.78, 5) is 22.3. The standard InChI is InChI=1S/C12H12F3NO4/c1-11(10(19)20,12(13,14)15)16-9(18)6-7-2-4-8(17)5-3-7/h2-5,17H,6H2,1H3,(H,16,18)(H,19,20). The van der Waals surface area contributed by atoms with Gasteiger partial charge in [-0.1, -0.05) is 12.1 Å². The number of hydrogen-bond donors (Lipinski definition) is 3. The highest BCUT2D eigenvalue weighted by Crippen LogP contribution is 2.30. The molecule has 0 spiro atoms. The van der Waals surface area contributed by atoms with Crippen LogP contribution in [0.15, 0.2) is 24.3 Å². The normalized spacial score (nSPS) is 14.4. The summed E-state index contributed by atoms with van der Waals surface area (Å²) < 4.78 is 38.0. The number of halogens is 3. The number of carboxylic acid groups (broad SMARTS) is 1. The molecule has 0 saturated carbocycles. The Morgan fingerprint density at radius 3 is 2.10 bits per heavy atom. The van der Waals surface area contributed by atoms with Crippen LogP contribution in [0.3, 0.4) is 0 Å². The molecule has 0 heterocycles. The number of amides is 1. The highest BCUT2D eigenvalue weighted by atomic mass is 19.4. The molecule has 3 N–H and O–H groups in total. The summed E-state index contributed by atoms with van der Waals surface area (Å²) in [6.07, 6.45) is -5.55. The van der Waals surface area contributed by atoms with E-state index in [2.05, 4.69) is 0 Å². The second-order valence-electron chi connectivity index (χ2n) is 4.32. The van der Waals surface area contributed by atoms with Gasteiger partial charge >= 0.3 is 12.1 Å². The minimum atomic E-state index is -5.12. The molecule has 5 nitrogen and oxygen atoms in total. The lowest BCUT2D eigenvalue weighted by atomic mass is 10.0. The molecule has 8 heteroatoms. The Bertz CT molecular complexity index is 512. The van der Waals surface area contributed by atoms with Gasteiger partial charge in [0.25, 0.3) is 0 Å². The van der Waals surface area contributed by atoms with E-state index in [0.717, 1.165) is 0 Å². The van der Waals surface area contributed by atoms with Crippen LogP contribution < -0.4 is 5.32 Å². The van der Waals surface area contributed by atoms with E-state index in [4.69, 9.17) is 10.2 Å². The summed E-state index contributed by atoms with van der Waals surface area (Å²) >= 11 is 0. The molecule has 1 atom stereocenters. The highest BCUT2D eigenvalue weighted by Gasteiger charge is 2.58. The Morgan fingerprint density at radius 1 is 1.20 bits per heavy atom. The van der Waals surface area contributed by atoms with E-state index in [1.165, 1.54) is 29.6 Å². The van der Waals surface area contributed by atoms with Crippen molar-refractivity contribution in [3.63, 3.8) is 0 Å². The van der Waals surface area contributed by atoms with Crippen molar-refractivity contribution in [3.8, 4) is 5.75 Å². The molecule has 0 fully saturated rings. The lowest BCUT2D eigenvalue weighted by Crippen LogP contribution is -2.62. The quantitative estimate of drug-likeness (QED) is 0.783. The van der Waals surface area contributed by atoms with Crippen molar-refractivity contribution in [2.75, 3.05) is 0 Å². The van der Waals surface area contributed by atoms with Crippen LogP contribution in [0.25, 0.3) is 0 Å². The van der Waals surface area contributed by atoms with Crippen LogP contribution in [0, 0.1) is 0 Å². The molecule has 0 radical (unpaired) electrons. The second-order valence-corrected chi connectivity index (χ2v) is 4.32. The Labute approximate surface area is 112 Å². The van der Waals surface area contributed by atoms with Crippen molar-refractivity contribution >= 4 is 11.9 Å². The van der Waals surface area contributed by atoms with Crippen molar-refractivity contribution < 1.29 is 33.0 Å². The predicted octanol–water partition coefficient (Wildman–Crippen LogP) is 1.46. The van der Waals surface area contributed by atoms with Gasteiger partial charge in [-0.2, -0.15) is 13.2 Å². The number of carboxylic acids is 1. The van der Waals surface area contributed by atoms with Crippen LogP contribution in [0.4, 0.5) is 13.2 Å². The summed E-state index contributed by atoms with van der Waals surface area (Å²) in [6.45, 7) is 0.379. The summed E-state index contributed by atoms with van der Waals surface area (Å²) in [5.41, 5.74) is -3.00. The van der Waals surface area contributed by atoms with Crippen molar-refractivity contribution in [1.82, 2.24) is 5.32 Å². The van der Waals surface area contributed by atoms with Gasteiger partial charge in [-0.3, -0.25) is 4.79 Å². The first-order valence-electron chi connectivity index (χ1n) is 5.45. The Hall–Kier alpha value is -2.25. The van der Waals surface area contributed by atoms with Gasteiger partial charge in [0, 0.05) is 0 Å². The van der Waals surface area contributed by atoms with Crippen LogP contribution >= 0.6 is 0 Å². The Kier molecular flexibility index (Phi) is 4.26. The van der Waals surface area contributed by atoms with Crippen LogP contribution in [-0.2, 0) is 16.0 Å². The smallest absolute Gasteiger partial charge is 0.422 e. The molecule has 0 aliphatic heterocycles. The van der Waals surface area contributed by atoms with Gasteiger partial charge < -0.3 is 15.5 Å². The highest BCUT2D eigenvalue weighted by molar-refractivity contribution is 5.88. The molecule has 20 heavy (non-hydrogen) atoms. The summed E-state index contributed by atoms with van der Waals surface area (Å²) in [6, 6.07) is 5.23. The van der Waals surface area contributed by atoms with Crippen LogP contribution in [0.2, 0.25) is 0 Å². The van der Waals surface area contributed by atoms with E-state index in [9.17, 15) is 22.8 Å². The Morgan fingerprint density at radius 2 is 1.70 bits per heavy atom. The third kappa shape index (κ3) is 3.40. The number of carbonyl (C=O) groups excluding carboxylic acids is 1. The molecular formula is C12H12F3NO4. The maximum absolute atomic E-state index is 12.7. The number of phenolic OH excluding ortho intramolecular Hbond substituents is 1. The number of rotatable bonds is 4. The summed E-state index contributed by atoms with van der Waals surface area (Å²) in [5, 5.41) is 19.2. The van der Waals surface area contributed by atoms with Crippen LogP contribution in [0.5, 0.6) is 5.75 Å². The number of hydrogen-bond acceptors (Lipinski definition) is 3. The first kappa shape index (κ1) is 15.8. The van der Waals surface area contributed by atoms with Gasteiger partial charge in [-0.25, -0.2) is 4.79 Å². The van der Waals surface area contributed by atoms with E-state index in [1.807, 2.05) is 0 Å². The van der Waals surface area contributed by atoms with Crippen LogP contribution in [0.1, 0.15) is 12.5 Å². The maximum atomic E-state index is 12.7. The van der Waals surface area contributed by atoms with Crippen molar-refractivity contribution in [2.45, 2.75) is 25.1 Å². The van der Waals surface area contributed by atoms with Gasteiger partial charge in [0.15, 0.2) is 0 Å². The molecule has 0 saturated heterocycles. The average Bonchev–Trinajstić information content (AvgIpc) is 2.30. The fraction of sp³-hybridized carbons (Fsp3) is 0.333. The zero-order valence-corrected chi connectivity index (χ0v) is 10.4. The van der Waals surface area contributed by atoms with Gasteiger partial charge in [0.05, 0.1) is 6.42 Å². The van der Waals surface area contributed by atoms with E-state index < -0.39 is 30.0 Å². The molecule has 110 valence electrons. The second kappa shape index (κ2) is 5.40. The SMILES string of the molecule is CC(NC(=O)Cc1ccc(O)cc1)(C(=O)O)C(F)(F)F. The first-order valence-corrected chi connectivity index (χ1v) is 5.45. The van der Waals surface area contributed by atoms with Gasteiger partial charge in [0.2, 0.25) is 11.4 Å². The predicted molar refractivity (Wildman–Crippen MR) is 62.0 cm³/mol. The summed E-state index contributed by atoms with van der Waals surface area (Å²) in [7, 11) is 0. The average molecular weight is 291 g/mol. The zero-order valence-electron chi connectivity index (χ0n) is 10.4. The monoisotopic (exact) mass is 291 g/mol. The number of benzene rings is 1. The summed E-state index contributed by atoms with van der Waals surface area (Å²) in [5.74, 6) is -3.33. The van der Waals surface area contributed by atoms with Crippen LogP contribution in [-0.4, -0.2) is 33.8 Å². The molecule has 0 aliphatic rings. The van der Waals surface area contributed by atoms with E-state index >= 15 is 0 Å². The number of aliphatic carboxylic acids is 1. The lowest BCUT2D eigenvalue weighted by Gasteiger charge is -2.28. The lowest BCUT2D eigenvalue weighted by molar-refractivity contribution is -0.206. The van der Waals surface area contributed by atoms with Gasteiger partial charge in [0.1, 0.15) is 5.75 Å². The molecule has 1 aromatic rings. The molecular weight excluding hydrogens is 279 g/mol. The van der Waals surface area contributed by atoms with Gasteiger partial charge in [-0.15, -0.1) is 0 Å². The molecule has 1 rings (SSSR count). The number of phenols is 1. The molecule has 1 unspecified atom stereocenters. The van der Waals surface area contributed by atoms with Crippen molar-refractivity contribution in [2.24, 2.45) is 0 Å².